The van der Waals surface area contributed by atoms with Crippen molar-refractivity contribution in [3.63, 3.8) is 0 Å². The summed E-state index contributed by atoms with van der Waals surface area (Å²) in [6.45, 7) is -0.137. The number of hydrogen-bond donors (Lipinski definition) is 2. The number of anilines is 1. The quantitative estimate of drug-likeness (QED) is 0.627. The van der Waals surface area contributed by atoms with Crippen LogP contribution in [0.5, 0.6) is 0 Å². The van der Waals surface area contributed by atoms with Crippen LogP contribution in [0, 0.1) is 12.3 Å². The Kier molecular flexibility index (Phi) is 3.82. The predicted octanol–water partition coefficient (Wildman–Crippen LogP) is 0.503. The SMILES string of the molecule is C#CCn1c(=O)[nH]c(N)c(N=Cc2ccccc2)c1=O. The molecule has 6 nitrogen and oxygen atoms in total. The van der Waals surface area contributed by atoms with Gasteiger partial charge in [-0.3, -0.25) is 9.78 Å². The lowest BCUT2D eigenvalue weighted by Gasteiger charge is -2.03. The number of benzene rings is 1. The largest absolute Gasteiger partial charge is 0.383 e. The molecule has 0 unspecified atom stereocenters. The molecule has 1 heterocycles. The van der Waals surface area contributed by atoms with Crippen LogP contribution in [0.2, 0.25) is 0 Å². The summed E-state index contributed by atoms with van der Waals surface area (Å²) in [5, 5.41) is 0. The van der Waals surface area contributed by atoms with Crippen molar-refractivity contribution in [1.29, 1.82) is 0 Å². The van der Waals surface area contributed by atoms with Gasteiger partial charge in [-0.1, -0.05) is 36.3 Å². The molecule has 0 aliphatic heterocycles. The van der Waals surface area contributed by atoms with Crippen molar-refractivity contribution >= 4 is 17.7 Å². The van der Waals surface area contributed by atoms with Gasteiger partial charge in [0.15, 0.2) is 5.69 Å². The molecule has 0 atom stereocenters. The van der Waals surface area contributed by atoms with Crippen LogP contribution in [0.4, 0.5) is 11.5 Å². The summed E-state index contributed by atoms with van der Waals surface area (Å²) in [4.78, 5) is 30.0. The first-order valence-corrected chi connectivity index (χ1v) is 5.78. The van der Waals surface area contributed by atoms with Gasteiger partial charge >= 0.3 is 5.69 Å². The van der Waals surface area contributed by atoms with E-state index in [4.69, 9.17) is 12.2 Å². The summed E-state index contributed by atoms with van der Waals surface area (Å²) in [7, 11) is 0. The summed E-state index contributed by atoms with van der Waals surface area (Å²) in [6.07, 6.45) is 6.61. The lowest BCUT2D eigenvalue weighted by Crippen LogP contribution is -2.35. The molecule has 0 aliphatic rings. The zero-order chi connectivity index (χ0) is 14.5. The average Bonchev–Trinajstić information content (AvgIpc) is 2.44. The summed E-state index contributed by atoms with van der Waals surface area (Å²) >= 11 is 0. The van der Waals surface area contributed by atoms with E-state index in [1.165, 1.54) is 6.21 Å². The number of aromatic nitrogens is 2. The van der Waals surface area contributed by atoms with Crippen molar-refractivity contribution in [2.24, 2.45) is 4.99 Å². The fourth-order valence-electron chi connectivity index (χ4n) is 1.61. The first-order chi connectivity index (χ1) is 9.63. The molecule has 6 heteroatoms. The van der Waals surface area contributed by atoms with E-state index in [-0.39, 0.29) is 18.1 Å². The molecule has 0 radical (unpaired) electrons. The summed E-state index contributed by atoms with van der Waals surface area (Å²) < 4.78 is 0.869. The number of hydrogen-bond acceptors (Lipinski definition) is 4. The van der Waals surface area contributed by atoms with E-state index in [0.717, 1.165) is 10.1 Å². The topological polar surface area (TPSA) is 93.2 Å². The van der Waals surface area contributed by atoms with Crippen LogP contribution in [-0.2, 0) is 6.54 Å². The van der Waals surface area contributed by atoms with E-state index in [2.05, 4.69) is 15.9 Å². The van der Waals surface area contributed by atoms with E-state index in [1.54, 1.807) is 0 Å². The molecule has 20 heavy (non-hydrogen) atoms. The number of nitrogens with one attached hydrogen (secondary N) is 1. The molecule has 0 saturated carbocycles. The molecule has 0 amide bonds. The zero-order valence-corrected chi connectivity index (χ0v) is 10.5. The normalized spacial score (nSPS) is 10.6. The number of H-pyrrole nitrogens is 1. The molecule has 3 N–H and O–H groups in total. The maximum atomic E-state index is 12.1. The number of nitrogens with zero attached hydrogens (tertiary/aromatic N) is 2. The highest BCUT2D eigenvalue weighted by Crippen LogP contribution is 2.11. The first kappa shape index (κ1) is 13.4. The smallest absolute Gasteiger partial charge is 0.330 e. The van der Waals surface area contributed by atoms with E-state index in [0.29, 0.717) is 0 Å². The lowest BCUT2D eigenvalue weighted by molar-refractivity contribution is 0.731. The monoisotopic (exact) mass is 268 g/mol. The maximum absolute atomic E-state index is 12.1. The van der Waals surface area contributed by atoms with Crippen molar-refractivity contribution in [2.75, 3.05) is 5.73 Å². The van der Waals surface area contributed by atoms with Gasteiger partial charge in [-0.05, 0) is 5.56 Å². The molecule has 1 aromatic carbocycles. The number of aliphatic imine (C=N–C) groups is 1. The molecule has 0 fully saturated rings. The van der Waals surface area contributed by atoms with Crippen LogP contribution in [0.15, 0.2) is 44.9 Å². The number of nitrogens with two attached hydrogens (primary N) is 1. The Morgan fingerprint density at radius 3 is 2.70 bits per heavy atom. The summed E-state index contributed by atoms with van der Waals surface area (Å²) in [5.74, 6) is 2.15. The van der Waals surface area contributed by atoms with Gasteiger partial charge in [0.2, 0.25) is 0 Å². The van der Waals surface area contributed by atoms with Gasteiger partial charge in [-0.2, -0.15) is 0 Å². The second-order valence-corrected chi connectivity index (χ2v) is 3.96. The van der Waals surface area contributed by atoms with Crippen LogP contribution in [0.25, 0.3) is 0 Å². The van der Waals surface area contributed by atoms with Gasteiger partial charge < -0.3 is 5.73 Å². The number of aromatic amines is 1. The van der Waals surface area contributed by atoms with Gasteiger partial charge in [-0.15, -0.1) is 6.42 Å². The summed E-state index contributed by atoms with van der Waals surface area (Å²) in [6, 6.07) is 9.20. The van der Waals surface area contributed by atoms with Gasteiger partial charge in [0.1, 0.15) is 5.82 Å². The van der Waals surface area contributed by atoms with Crippen molar-refractivity contribution in [1.82, 2.24) is 9.55 Å². The first-order valence-electron chi connectivity index (χ1n) is 5.78. The van der Waals surface area contributed by atoms with Gasteiger partial charge in [0.25, 0.3) is 5.56 Å². The minimum Gasteiger partial charge on any atom is -0.383 e. The second kappa shape index (κ2) is 5.71. The molecular weight excluding hydrogens is 256 g/mol. The standard InChI is InChI=1S/C14H12N4O2/c1-2-8-18-13(19)11(12(15)17-14(18)20)16-9-10-6-4-3-5-7-10/h1,3-7,9H,8,15H2,(H,17,20). The highest BCUT2D eigenvalue weighted by atomic mass is 16.2. The van der Waals surface area contributed by atoms with Gasteiger partial charge in [0, 0.05) is 6.21 Å². The molecular formula is C14H12N4O2. The molecule has 0 bridgehead atoms. The van der Waals surface area contributed by atoms with E-state index < -0.39 is 11.2 Å². The van der Waals surface area contributed by atoms with Crippen molar-refractivity contribution in [3.8, 4) is 12.3 Å². The Morgan fingerprint density at radius 2 is 2.05 bits per heavy atom. The Hall–Kier alpha value is -3.07. The molecule has 2 aromatic rings. The van der Waals surface area contributed by atoms with Crippen LogP contribution in [-0.4, -0.2) is 15.8 Å². The zero-order valence-electron chi connectivity index (χ0n) is 10.5. The van der Waals surface area contributed by atoms with Crippen molar-refractivity contribution in [2.45, 2.75) is 6.54 Å². The predicted molar refractivity (Wildman–Crippen MR) is 78.3 cm³/mol. The van der Waals surface area contributed by atoms with E-state index in [1.807, 2.05) is 30.3 Å². The van der Waals surface area contributed by atoms with E-state index >= 15 is 0 Å². The minimum absolute atomic E-state index is 0.0382. The second-order valence-electron chi connectivity index (χ2n) is 3.96. The highest BCUT2D eigenvalue weighted by Gasteiger charge is 2.09. The van der Waals surface area contributed by atoms with Gasteiger partial charge in [-0.25, -0.2) is 14.4 Å². The van der Waals surface area contributed by atoms with Gasteiger partial charge in [0.05, 0.1) is 6.54 Å². The molecule has 2 rings (SSSR count). The van der Waals surface area contributed by atoms with Crippen LogP contribution in [0.1, 0.15) is 5.56 Å². The maximum Gasteiger partial charge on any atom is 0.330 e. The molecule has 1 aromatic heterocycles. The van der Waals surface area contributed by atoms with Crippen molar-refractivity contribution < 1.29 is 0 Å². The molecule has 0 saturated heterocycles. The number of terminal acetylenes is 1. The minimum atomic E-state index is -0.649. The van der Waals surface area contributed by atoms with Crippen LogP contribution >= 0.6 is 0 Å². The van der Waals surface area contributed by atoms with Crippen LogP contribution < -0.4 is 17.0 Å². The van der Waals surface area contributed by atoms with Crippen molar-refractivity contribution in [3.05, 3.63) is 56.7 Å². The Balaban J connectivity index is 2.50. The Labute approximate surface area is 114 Å². The van der Waals surface area contributed by atoms with Crippen LogP contribution in [0.3, 0.4) is 0 Å². The molecule has 0 spiro atoms. The highest BCUT2D eigenvalue weighted by molar-refractivity contribution is 5.82. The lowest BCUT2D eigenvalue weighted by atomic mass is 10.2. The fourth-order valence-corrected chi connectivity index (χ4v) is 1.61. The third kappa shape index (κ3) is 2.67. The Morgan fingerprint density at radius 1 is 1.35 bits per heavy atom. The molecule has 0 aliphatic carbocycles. The van der Waals surface area contributed by atoms with E-state index in [9.17, 15) is 9.59 Å². The third-order valence-corrected chi connectivity index (χ3v) is 2.58. The molecule has 100 valence electrons. The summed E-state index contributed by atoms with van der Waals surface area (Å²) in [5.41, 5.74) is 5.12. The Bertz CT molecular complexity index is 795. The fraction of sp³-hybridized carbons (Fsp3) is 0.0714. The third-order valence-electron chi connectivity index (χ3n) is 2.58. The number of rotatable bonds is 3. The number of nitrogen functional groups attached to an aromatic ring is 1. The average molecular weight is 268 g/mol.